The highest BCUT2D eigenvalue weighted by Gasteiger charge is 2.13. The quantitative estimate of drug-likeness (QED) is 0.805. The number of amides is 1. The Kier molecular flexibility index (Phi) is 3.31. The Balaban J connectivity index is 1.97. The number of aryl methyl sites for hydroxylation is 1. The number of nitrogens with zero attached hydrogens (tertiary/aromatic N) is 4. The molecule has 1 amide bonds. The van der Waals surface area contributed by atoms with Gasteiger partial charge in [-0.3, -0.25) is 9.89 Å². The van der Waals surface area contributed by atoms with Crippen LogP contribution in [0.3, 0.4) is 0 Å². The van der Waals surface area contributed by atoms with Crippen LogP contribution in [-0.2, 0) is 17.9 Å². The maximum atomic E-state index is 12.0. The molecule has 7 nitrogen and oxygen atoms in total. The van der Waals surface area contributed by atoms with Crippen LogP contribution in [0.5, 0.6) is 0 Å². The zero-order valence-corrected chi connectivity index (χ0v) is 10.4. The summed E-state index contributed by atoms with van der Waals surface area (Å²) in [6.07, 6.45) is 1.66. The second-order valence-electron chi connectivity index (χ2n) is 4.20. The van der Waals surface area contributed by atoms with E-state index >= 15 is 0 Å². The van der Waals surface area contributed by atoms with Crippen molar-refractivity contribution in [2.24, 2.45) is 0 Å². The molecule has 0 bridgehead atoms. The molecule has 7 heteroatoms. The van der Waals surface area contributed by atoms with Crippen LogP contribution in [-0.4, -0.2) is 37.8 Å². The number of carbonyl (C=O) groups excluding carboxylic acids is 1. The van der Waals surface area contributed by atoms with Crippen molar-refractivity contribution in [2.45, 2.75) is 20.0 Å². The largest absolute Gasteiger partial charge is 0.384 e. The second-order valence-corrected chi connectivity index (χ2v) is 4.20. The maximum Gasteiger partial charge on any atom is 0.244 e. The van der Waals surface area contributed by atoms with Gasteiger partial charge in [0, 0.05) is 19.3 Å². The SMILES string of the molecule is Cc1cc(N)n(CC(=O)N(C)Cc2ccn[nH]2)n1. The minimum absolute atomic E-state index is 0.0561. The molecule has 96 valence electrons. The van der Waals surface area contributed by atoms with Gasteiger partial charge in [0.2, 0.25) is 5.91 Å². The number of hydrogen-bond donors (Lipinski definition) is 2. The van der Waals surface area contributed by atoms with Gasteiger partial charge in [-0.1, -0.05) is 0 Å². The number of likely N-dealkylation sites (N-methyl/N-ethyl adjacent to an activating group) is 1. The number of carbonyl (C=O) groups is 1. The number of aromatic amines is 1. The van der Waals surface area contributed by atoms with E-state index in [1.165, 1.54) is 4.68 Å². The van der Waals surface area contributed by atoms with Crippen molar-refractivity contribution in [2.75, 3.05) is 12.8 Å². The molecule has 0 saturated carbocycles. The zero-order chi connectivity index (χ0) is 13.1. The van der Waals surface area contributed by atoms with Crippen LogP contribution in [0.1, 0.15) is 11.4 Å². The molecule has 0 aliphatic carbocycles. The molecule has 0 unspecified atom stereocenters. The molecular weight excluding hydrogens is 232 g/mol. The highest BCUT2D eigenvalue weighted by atomic mass is 16.2. The Morgan fingerprint density at radius 1 is 1.61 bits per heavy atom. The van der Waals surface area contributed by atoms with E-state index in [9.17, 15) is 4.79 Å². The van der Waals surface area contributed by atoms with Crippen LogP contribution in [0.4, 0.5) is 5.82 Å². The predicted octanol–water partition coefficient (Wildman–Crippen LogP) is 0.155. The van der Waals surface area contributed by atoms with Crippen LogP contribution in [0.15, 0.2) is 18.3 Å². The molecule has 0 spiro atoms. The molecule has 2 aromatic rings. The second kappa shape index (κ2) is 4.91. The predicted molar refractivity (Wildman–Crippen MR) is 66.4 cm³/mol. The lowest BCUT2D eigenvalue weighted by Crippen LogP contribution is -2.30. The molecule has 0 radical (unpaired) electrons. The normalized spacial score (nSPS) is 10.6. The molecule has 2 aromatic heterocycles. The smallest absolute Gasteiger partial charge is 0.244 e. The molecular formula is C11H16N6O. The molecule has 0 aliphatic rings. The topological polar surface area (TPSA) is 92.8 Å². The molecule has 0 aromatic carbocycles. The summed E-state index contributed by atoms with van der Waals surface area (Å²) in [5.74, 6) is 0.440. The van der Waals surface area contributed by atoms with Gasteiger partial charge in [-0.2, -0.15) is 10.2 Å². The number of nitrogen functional groups attached to an aromatic ring is 1. The Hall–Kier alpha value is -2.31. The van der Waals surface area contributed by atoms with Crippen LogP contribution in [0, 0.1) is 6.92 Å². The summed E-state index contributed by atoms with van der Waals surface area (Å²) in [6.45, 7) is 2.47. The number of nitrogens with one attached hydrogen (secondary N) is 1. The number of anilines is 1. The van der Waals surface area contributed by atoms with Crippen LogP contribution < -0.4 is 5.73 Å². The molecule has 0 atom stereocenters. The lowest BCUT2D eigenvalue weighted by molar-refractivity contribution is -0.131. The first-order valence-electron chi connectivity index (χ1n) is 5.58. The molecule has 2 rings (SSSR count). The third-order valence-electron chi connectivity index (χ3n) is 2.61. The van der Waals surface area contributed by atoms with Crippen molar-refractivity contribution in [3.8, 4) is 0 Å². The van der Waals surface area contributed by atoms with Gasteiger partial charge < -0.3 is 10.6 Å². The standard InChI is InChI=1S/C11H16N6O/c1-8-5-10(12)17(15-8)7-11(18)16(2)6-9-3-4-13-14-9/h3-5H,6-7,12H2,1-2H3,(H,13,14). The Morgan fingerprint density at radius 2 is 2.39 bits per heavy atom. The third-order valence-corrected chi connectivity index (χ3v) is 2.61. The van der Waals surface area contributed by atoms with Gasteiger partial charge in [0.15, 0.2) is 0 Å². The molecule has 18 heavy (non-hydrogen) atoms. The number of hydrogen-bond acceptors (Lipinski definition) is 4. The van der Waals surface area contributed by atoms with Crippen LogP contribution in [0.2, 0.25) is 0 Å². The number of nitrogens with two attached hydrogens (primary N) is 1. The fraction of sp³-hybridized carbons (Fsp3) is 0.364. The number of rotatable bonds is 4. The molecule has 0 saturated heterocycles. The first-order chi connectivity index (χ1) is 8.56. The van der Waals surface area contributed by atoms with Gasteiger partial charge in [-0.15, -0.1) is 0 Å². The summed E-state index contributed by atoms with van der Waals surface area (Å²) >= 11 is 0. The zero-order valence-electron chi connectivity index (χ0n) is 10.4. The Bertz CT molecular complexity index is 530. The number of aromatic nitrogens is 4. The van der Waals surface area contributed by atoms with Gasteiger partial charge in [0.25, 0.3) is 0 Å². The summed E-state index contributed by atoms with van der Waals surface area (Å²) in [4.78, 5) is 13.6. The lowest BCUT2D eigenvalue weighted by Gasteiger charge is -2.16. The third kappa shape index (κ3) is 2.68. The van der Waals surface area contributed by atoms with E-state index in [2.05, 4.69) is 15.3 Å². The lowest BCUT2D eigenvalue weighted by atomic mass is 10.4. The monoisotopic (exact) mass is 248 g/mol. The van der Waals surface area contributed by atoms with Crippen LogP contribution in [0.25, 0.3) is 0 Å². The summed E-state index contributed by atoms with van der Waals surface area (Å²) < 4.78 is 1.50. The Morgan fingerprint density at radius 3 is 2.94 bits per heavy atom. The maximum absolute atomic E-state index is 12.0. The first kappa shape index (κ1) is 12.2. The van der Waals surface area contributed by atoms with E-state index in [-0.39, 0.29) is 12.5 Å². The minimum atomic E-state index is -0.0561. The number of H-pyrrole nitrogens is 1. The Labute approximate surface area is 105 Å². The van der Waals surface area contributed by atoms with E-state index < -0.39 is 0 Å². The highest BCUT2D eigenvalue weighted by Crippen LogP contribution is 2.06. The van der Waals surface area contributed by atoms with Gasteiger partial charge in [-0.05, 0) is 13.0 Å². The summed E-state index contributed by atoms with van der Waals surface area (Å²) in [5, 5.41) is 10.8. The molecule has 0 aliphatic heterocycles. The van der Waals surface area contributed by atoms with Gasteiger partial charge in [0.05, 0.1) is 17.9 Å². The van der Waals surface area contributed by atoms with Crippen molar-refractivity contribution in [3.05, 3.63) is 29.7 Å². The fourth-order valence-corrected chi connectivity index (χ4v) is 1.66. The van der Waals surface area contributed by atoms with E-state index in [1.807, 2.05) is 13.0 Å². The van der Waals surface area contributed by atoms with E-state index in [1.54, 1.807) is 24.2 Å². The van der Waals surface area contributed by atoms with Crippen molar-refractivity contribution in [1.82, 2.24) is 24.9 Å². The van der Waals surface area contributed by atoms with Crippen molar-refractivity contribution < 1.29 is 4.79 Å². The molecule has 3 N–H and O–H groups in total. The first-order valence-corrected chi connectivity index (χ1v) is 5.58. The van der Waals surface area contributed by atoms with Gasteiger partial charge in [-0.25, -0.2) is 4.68 Å². The van der Waals surface area contributed by atoms with Gasteiger partial charge in [0.1, 0.15) is 12.4 Å². The summed E-state index contributed by atoms with van der Waals surface area (Å²) in [6, 6.07) is 3.57. The van der Waals surface area contributed by atoms with Gasteiger partial charge >= 0.3 is 0 Å². The van der Waals surface area contributed by atoms with Crippen molar-refractivity contribution >= 4 is 11.7 Å². The molecule has 0 fully saturated rings. The van der Waals surface area contributed by atoms with E-state index in [0.717, 1.165) is 11.4 Å². The summed E-state index contributed by atoms with van der Waals surface area (Å²) in [5.41, 5.74) is 7.43. The van der Waals surface area contributed by atoms with Crippen molar-refractivity contribution in [3.63, 3.8) is 0 Å². The van der Waals surface area contributed by atoms with Crippen molar-refractivity contribution in [1.29, 1.82) is 0 Å². The average molecular weight is 248 g/mol. The van der Waals surface area contributed by atoms with E-state index in [0.29, 0.717) is 12.4 Å². The van der Waals surface area contributed by atoms with Crippen LogP contribution >= 0.6 is 0 Å². The summed E-state index contributed by atoms with van der Waals surface area (Å²) in [7, 11) is 1.73. The van der Waals surface area contributed by atoms with E-state index in [4.69, 9.17) is 5.73 Å². The molecule has 2 heterocycles. The average Bonchev–Trinajstić information content (AvgIpc) is 2.89. The minimum Gasteiger partial charge on any atom is -0.384 e. The fourth-order valence-electron chi connectivity index (χ4n) is 1.66. The highest BCUT2D eigenvalue weighted by molar-refractivity contribution is 5.76.